The van der Waals surface area contributed by atoms with Crippen molar-refractivity contribution in [3.05, 3.63) is 88.9 Å². The van der Waals surface area contributed by atoms with Crippen LogP contribution in [0.5, 0.6) is 0 Å². The Bertz CT molecular complexity index is 1190. The molecule has 5 aromatic rings. The lowest BCUT2D eigenvalue weighted by Gasteiger charge is -1.95. The highest BCUT2D eigenvalue weighted by atomic mass is 32.1. The summed E-state index contributed by atoms with van der Waals surface area (Å²) in [6.45, 7) is 0. The normalized spacial score (nSPS) is 11.7. The lowest BCUT2D eigenvalue weighted by Crippen LogP contribution is -1.92. The van der Waals surface area contributed by atoms with Crippen LogP contribution in [-0.2, 0) is 0 Å². The third kappa shape index (κ3) is 4.55. The van der Waals surface area contributed by atoms with Crippen molar-refractivity contribution in [3.63, 3.8) is 0 Å². The highest BCUT2D eigenvalue weighted by molar-refractivity contribution is 7.24. The first kappa shape index (κ1) is 19.3. The Labute approximate surface area is 190 Å². The van der Waals surface area contributed by atoms with Crippen LogP contribution in [0.1, 0.15) is 11.4 Å². The molecule has 5 rings (SSSR count). The molecule has 0 saturated heterocycles. The van der Waals surface area contributed by atoms with E-state index in [1.807, 2.05) is 30.3 Å². The monoisotopic (exact) mass is 461 g/mol. The van der Waals surface area contributed by atoms with Gasteiger partial charge in [0.15, 0.2) is 0 Å². The molecule has 0 amide bonds. The summed E-state index contributed by atoms with van der Waals surface area (Å²) in [6, 6.07) is 22.6. The molecular formula is C23H15N3S4. The molecule has 5 aromatic heterocycles. The summed E-state index contributed by atoms with van der Waals surface area (Å²) in [5.74, 6) is 0. The topological polar surface area (TPSA) is 37.6 Å². The van der Waals surface area contributed by atoms with Crippen molar-refractivity contribution in [2.75, 3.05) is 0 Å². The maximum Gasteiger partial charge on any atom is 0.116 e. The quantitative estimate of drug-likeness (QED) is 0.235. The van der Waals surface area contributed by atoms with Crippen molar-refractivity contribution in [1.82, 2.24) is 4.98 Å². The Balaban J connectivity index is 1.28. The second kappa shape index (κ2) is 8.97. The molecule has 0 atom stereocenters. The molecule has 0 aliphatic heterocycles. The minimum absolute atomic E-state index is 0.815. The molecule has 0 bridgehead atoms. The summed E-state index contributed by atoms with van der Waals surface area (Å²) in [5.41, 5.74) is 1.63. The maximum atomic E-state index is 4.63. The summed E-state index contributed by atoms with van der Waals surface area (Å²) >= 11 is 6.85. The van der Waals surface area contributed by atoms with Crippen molar-refractivity contribution in [3.8, 4) is 19.5 Å². The molecule has 0 aliphatic carbocycles. The average Bonchev–Trinajstić information content (AvgIpc) is 3.57. The van der Waals surface area contributed by atoms with E-state index in [9.17, 15) is 0 Å². The summed E-state index contributed by atoms with van der Waals surface area (Å²) in [4.78, 5) is 18.8. The minimum atomic E-state index is 0.815. The van der Waals surface area contributed by atoms with E-state index in [0.717, 1.165) is 21.4 Å². The van der Waals surface area contributed by atoms with Gasteiger partial charge in [-0.2, -0.15) is 0 Å². The van der Waals surface area contributed by atoms with Gasteiger partial charge in [-0.05, 0) is 59.3 Å². The lowest BCUT2D eigenvalue weighted by molar-refractivity contribution is 1.28. The zero-order valence-corrected chi connectivity index (χ0v) is 18.9. The van der Waals surface area contributed by atoms with Gasteiger partial charge in [0.05, 0.1) is 23.8 Å². The fourth-order valence-corrected chi connectivity index (χ4v) is 6.14. The van der Waals surface area contributed by atoms with Crippen molar-refractivity contribution in [1.29, 1.82) is 0 Å². The largest absolute Gasteiger partial charge is 0.246 e. The van der Waals surface area contributed by atoms with E-state index >= 15 is 0 Å². The SMILES string of the molecule is C(=Nc1ccc(-c2cccs2)s1)c1cccc(C=Nc2ccc(-c3cccs3)s2)n1. The molecule has 0 aromatic carbocycles. The van der Waals surface area contributed by atoms with Crippen LogP contribution in [-0.4, -0.2) is 17.4 Å². The Morgan fingerprint density at radius 3 is 1.57 bits per heavy atom. The molecule has 146 valence electrons. The van der Waals surface area contributed by atoms with Crippen LogP contribution in [0.4, 0.5) is 10.0 Å². The second-order valence-electron chi connectivity index (χ2n) is 6.23. The average molecular weight is 462 g/mol. The van der Waals surface area contributed by atoms with Gasteiger partial charge < -0.3 is 0 Å². The van der Waals surface area contributed by atoms with E-state index in [2.05, 4.69) is 62.1 Å². The molecular weight excluding hydrogens is 447 g/mol. The number of rotatable bonds is 6. The van der Waals surface area contributed by atoms with Crippen LogP contribution in [0, 0.1) is 0 Å². The standard InChI is InChI=1S/C23H15N3S4/c1-4-16(14-24-22-10-8-20(29-22)18-6-2-12-27-18)26-17(5-1)15-25-23-11-9-21(30-23)19-7-3-13-28-19/h1-15H. The van der Waals surface area contributed by atoms with Crippen LogP contribution in [0.15, 0.2) is 87.5 Å². The Kier molecular flexibility index (Phi) is 5.76. The molecule has 7 heteroatoms. The molecule has 5 heterocycles. The van der Waals surface area contributed by atoms with Crippen LogP contribution in [0.3, 0.4) is 0 Å². The van der Waals surface area contributed by atoms with Crippen LogP contribution in [0.25, 0.3) is 19.5 Å². The predicted octanol–water partition coefficient (Wildman–Crippen LogP) is 8.16. The zero-order valence-electron chi connectivity index (χ0n) is 15.6. The Morgan fingerprint density at radius 1 is 0.567 bits per heavy atom. The fraction of sp³-hybridized carbons (Fsp3) is 0. The third-order valence-electron chi connectivity index (χ3n) is 4.15. The number of thiophene rings is 4. The van der Waals surface area contributed by atoms with Crippen molar-refractivity contribution >= 4 is 67.8 Å². The summed E-state index contributed by atoms with van der Waals surface area (Å²) < 4.78 is 0. The number of aromatic nitrogens is 1. The molecule has 0 fully saturated rings. The van der Waals surface area contributed by atoms with E-state index < -0.39 is 0 Å². The zero-order chi connectivity index (χ0) is 20.2. The number of hydrogen-bond donors (Lipinski definition) is 0. The molecule has 0 spiro atoms. The van der Waals surface area contributed by atoms with Gasteiger partial charge in [0.25, 0.3) is 0 Å². The molecule has 0 aliphatic rings. The maximum absolute atomic E-state index is 4.63. The van der Waals surface area contributed by atoms with Crippen molar-refractivity contribution in [2.24, 2.45) is 9.98 Å². The summed E-state index contributed by atoms with van der Waals surface area (Å²) in [6.07, 6.45) is 3.61. The van der Waals surface area contributed by atoms with Gasteiger partial charge in [0.1, 0.15) is 10.0 Å². The van der Waals surface area contributed by atoms with Crippen LogP contribution >= 0.6 is 45.3 Å². The van der Waals surface area contributed by atoms with Gasteiger partial charge in [0, 0.05) is 19.5 Å². The molecule has 0 unspecified atom stereocenters. The van der Waals surface area contributed by atoms with Gasteiger partial charge in [0.2, 0.25) is 0 Å². The van der Waals surface area contributed by atoms with Crippen LogP contribution < -0.4 is 0 Å². The van der Waals surface area contributed by atoms with E-state index in [1.165, 1.54) is 19.5 Å². The van der Waals surface area contributed by atoms with E-state index in [1.54, 1.807) is 57.8 Å². The van der Waals surface area contributed by atoms with Gasteiger partial charge in [-0.1, -0.05) is 18.2 Å². The smallest absolute Gasteiger partial charge is 0.116 e. The second-order valence-corrected chi connectivity index (χ2v) is 10.3. The first-order chi connectivity index (χ1) is 14.8. The fourth-order valence-electron chi connectivity index (χ4n) is 2.77. The van der Waals surface area contributed by atoms with Crippen LogP contribution in [0.2, 0.25) is 0 Å². The lowest BCUT2D eigenvalue weighted by atomic mass is 10.3. The van der Waals surface area contributed by atoms with Crippen molar-refractivity contribution < 1.29 is 0 Å². The summed E-state index contributed by atoms with van der Waals surface area (Å²) in [7, 11) is 0. The minimum Gasteiger partial charge on any atom is -0.246 e. The first-order valence-corrected chi connectivity index (χ1v) is 12.6. The highest BCUT2D eigenvalue weighted by Gasteiger charge is 2.04. The third-order valence-corrected chi connectivity index (χ3v) is 8.27. The van der Waals surface area contributed by atoms with Gasteiger partial charge >= 0.3 is 0 Å². The Hall–Kier alpha value is -2.71. The number of aliphatic imine (C=N–C) groups is 2. The van der Waals surface area contributed by atoms with Gasteiger partial charge in [-0.15, -0.1) is 45.3 Å². The van der Waals surface area contributed by atoms with E-state index in [4.69, 9.17) is 0 Å². The molecule has 0 radical (unpaired) electrons. The molecule has 30 heavy (non-hydrogen) atoms. The molecule has 0 N–H and O–H groups in total. The number of hydrogen-bond acceptors (Lipinski definition) is 7. The van der Waals surface area contributed by atoms with Crippen molar-refractivity contribution in [2.45, 2.75) is 0 Å². The predicted molar refractivity (Wildman–Crippen MR) is 134 cm³/mol. The van der Waals surface area contributed by atoms with E-state index in [-0.39, 0.29) is 0 Å². The number of pyridine rings is 1. The number of nitrogens with zero attached hydrogens (tertiary/aromatic N) is 3. The first-order valence-electron chi connectivity index (χ1n) is 9.16. The van der Waals surface area contributed by atoms with E-state index in [0.29, 0.717) is 0 Å². The van der Waals surface area contributed by atoms with Gasteiger partial charge in [-0.3, -0.25) is 0 Å². The highest BCUT2D eigenvalue weighted by Crippen LogP contribution is 2.36. The van der Waals surface area contributed by atoms with Gasteiger partial charge in [-0.25, -0.2) is 15.0 Å². The molecule has 0 saturated carbocycles. The summed E-state index contributed by atoms with van der Waals surface area (Å²) in [5, 5.41) is 6.13. The molecule has 3 nitrogen and oxygen atoms in total. The Morgan fingerprint density at radius 2 is 1.10 bits per heavy atom.